The Labute approximate surface area is 139 Å². The molecule has 2 aliphatic rings. The highest BCUT2D eigenvalue weighted by atomic mass is 16.2. The summed E-state index contributed by atoms with van der Waals surface area (Å²) >= 11 is 0. The van der Waals surface area contributed by atoms with Crippen molar-refractivity contribution in [3.63, 3.8) is 0 Å². The van der Waals surface area contributed by atoms with Crippen molar-refractivity contribution in [2.45, 2.75) is 64.5 Å². The third-order valence-corrected chi connectivity index (χ3v) is 4.86. The van der Waals surface area contributed by atoms with E-state index in [1.165, 1.54) is 0 Å². The summed E-state index contributed by atoms with van der Waals surface area (Å²) in [5.74, 6) is 0.455. The molecule has 6 nitrogen and oxygen atoms in total. The zero-order valence-corrected chi connectivity index (χ0v) is 14.5. The molecule has 0 aromatic rings. The second kappa shape index (κ2) is 8.52. The molecule has 0 spiro atoms. The van der Waals surface area contributed by atoms with Gasteiger partial charge in [-0.1, -0.05) is 13.8 Å². The van der Waals surface area contributed by atoms with Gasteiger partial charge in [0.05, 0.1) is 5.92 Å². The number of amides is 3. The average molecular weight is 324 g/mol. The number of hydrogen-bond donors (Lipinski definition) is 3. The van der Waals surface area contributed by atoms with Crippen LogP contribution in [0.5, 0.6) is 0 Å². The maximum absolute atomic E-state index is 12.5. The Hall–Kier alpha value is -1.30. The van der Waals surface area contributed by atoms with Crippen LogP contribution in [0.4, 0.5) is 4.79 Å². The number of hydrogen-bond acceptors (Lipinski definition) is 3. The second-order valence-electron chi connectivity index (χ2n) is 7.49. The Kier molecular flexibility index (Phi) is 6.69. The van der Waals surface area contributed by atoms with Crippen molar-refractivity contribution in [1.82, 2.24) is 15.5 Å². The molecule has 0 aromatic carbocycles. The highest BCUT2D eigenvalue weighted by Crippen LogP contribution is 2.20. The van der Waals surface area contributed by atoms with E-state index in [0.29, 0.717) is 19.0 Å². The summed E-state index contributed by atoms with van der Waals surface area (Å²) in [6.45, 7) is 6.09. The van der Waals surface area contributed by atoms with Crippen molar-refractivity contribution in [3.8, 4) is 0 Å². The van der Waals surface area contributed by atoms with E-state index in [-0.39, 0.29) is 29.9 Å². The van der Waals surface area contributed by atoms with Gasteiger partial charge in [-0.25, -0.2) is 4.79 Å². The Morgan fingerprint density at radius 1 is 1.17 bits per heavy atom. The lowest BCUT2D eigenvalue weighted by Crippen LogP contribution is -2.51. The number of nitrogens with zero attached hydrogens (tertiary/aromatic N) is 1. The van der Waals surface area contributed by atoms with E-state index in [4.69, 9.17) is 5.73 Å². The first kappa shape index (κ1) is 18.0. The third kappa shape index (κ3) is 5.68. The van der Waals surface area contributed by atoms with Gasteiger partial charge in [0.2, 0.25) is 5.91 Å². The first-order chi connectivity index (χ1) is 11.0. The Morgan fingerprint density at radius 3 is 2.52 bits per heavy atom. The van der Waals surface area contributed by atoms with Gasteiger partial charge in [0.15, 0.2) is 0 Å². The summed E-state index contributed by atoms with van der Waals surface area (Å²) < 4.78 is 0. The molecule has 4 N–H and O–H groups in total. The van der Waals surface area contributed by atoms with Gasteiger partial charge in [-0.15, -0.1) is 0 Å². The van der Waals surface area contributed by atoms with Gasteiger partial charge in [-0.2, -0.15) is 0 Å². The number of piperidine rings is 1. The smallest absolute Gasteiger partial charge is 0.317 e. The molecule has 1 aliphatic heterocycles. The Bertz CT molecular complexity index is 405. The summed E-state index contributed by atoms with van der Waals surface area (Å²) in [4.78, 5) is 26.4. The maximum Gasteiger partial charge on any atom is 0.317 e. The molecule has 132 valence electrons. The summed E-state index contributed by atoms with van der Waals surface area (Å²) in [5, 5.41) is 6.10. The monoisotopic (exact) mass is 324 g/mol. The lowest BCUT2D eigenvalue weighted by molar-refractivity contribution is -0.127. The molecule has 3 amide bonds. The zero-order chi connectivity index (χ0) is 16.8. The van der Waals surface area contributed by atoms with Gasteiger partial charge >= 0.3 is 6.03 Å². The highest BCUT2D eigenvalue weighted by molar-refractivity contribution is 5.81. The van der Waals surface area contributed by atoms with Gasteiger partial charge in [-0.05, 0) is 44.4 Å². The number of nitrogens with two attached hydrogens (primary N) is 1. The predicted molar refractivity (Wildman–Crippen MR) is 90.9 cm³/mol. The highest BCUT2D eigenvalue weighted by Gasteiger charge is 2.30. The van der Waals surface area contributed by atoms with Crippen LogP contribution >= 0.6 is 0 Å². The van der Waals surface area contributed by atoms with Crippen molar-refractivity contribution < 1.29 is 9.59 Å². The molecule has 1 heterocycles. The van der Waals surface area contributed by atoms with Crippen molar-refractivity contribution in [2.24, 2.45) is 17.6 Å². The molecule has 2 rings (SSSR count). The molecule has 2 fully saturated rings. The van der Waals surface area contributed by atoms with Gasteiger partial charge in [0.25, 0.3) is 0 Å². The molecule has 0 radical (unpaired) electrons. The van der Waals surface area contributed by atoms with Crippen LogP contribution in [0.25, 0.3) is 0 Å². The fourth-order valence-electron chi connectivity index (χ4n) is 3.36. The van der Waals surface area contributed by atoms with Gasteiger partial charge < -0.3 is 21.3 Å². The van der Waals surface area contributed by atoms with E-state index in [0.717, 1.165) is 45.1 Å². The minimum atomic E-state index is -0.0795. The molecule has 1 atom stereocenters. The molecule has 1 saturated heterocycles. The maximum atomic E-state index is 12.5. The van der Waals surface area contributed by atoms with Gasteiger partial charge in [0, 0.05) is 31.7 Å². The number of likely N-dealkylation sites (tertiary alicyclic amines) is 1. The molecule has 6 heteroatoms. The van der Waals surface area contributed by atoms with Crippen molar-refractivity contribution in [2.75, 3.05) is 19.6 Å². The van der Waals surface area contributed by atoms with E-state index >= 15 is 0 Å². The van der Waals surface area contributed by atoms with Crippen molar-refractivity contribution in [1.29, 1.82) is 0 Å². The summed E-state index contributed by atoms with van der Waals surface area (Å²) in [5.41, 5.74) is 5.91. The van der Waals surface area contributed by atoms with Crippen LogP contribution in [0.15, 0.2) is 0 Å². The molecule has 0 bridgehead atoms. The lowest BCUT2D eigenvalue weighted by Gasteiger charge is -2.34. The Balaban J connectivity index is 1.78. The van der Waals surface area contributed by atoms with Crippen LogP contribution in [-0.4, -0.2) is 48.6 Å². The SMILES string of the molecule is CC(C)CNC(=O)N1CCCC(C(=O)NC2CCC(N)CC2)C1. The van der Waals surface area contributed by atoms with E-state index in [9.17, 15) is 9.59 Å². The zero-order valence-electron chi connectivity index (χ0n) is 14.5. The molecule has 23 heavy (non-hydrogen) atoms. The van der Waals surface area contributed by atoms with E-state index in [1.807, 2.05) is 0 Å². The number of carbonyl (C=O) groups is 2. The first-order valence-corrected chi connectivity index (χ1v) is 9.04. The number of urea groups is 1. The lowest BCUT2D eigenvalue weighted by atomic mass is 9.90. The molecule has 1 aliphatic carbocycles. The van der Waals surface area contributed by atoms with Crippen LogP contribution < -0.4 is 16.4 Å². The summed E-state index contributed by atoms with van der Waals surface area (Å²) in [6.07, 6.45) is 5.67. The van der Waals surface area contributed by atoms with Gasteiger partial charge in [-0.3, -0.25) is 4.79 Å². The molecular formula is C17H32N4O2. The topological polar surface area (TPSA) is 87.5 Å². The number of nitrogens with one attached hydrogen (secondary N) is 2. The van der Waals surface area contributed by atoms with E-state index < -0.39 is 0 Å². The second-order valence-corrected chi connectivity index (χ2v) is 7.49. The van der Waals surface area contributed by atoms with E-state index in [1.54, 1.807) is 4.90 Å². The molecule has 1 unspecified atom stereocenters. The largest absolute Gasteiger partial charge is 0.353 e. The fourth-order valence-corrected chi connectivity index (χ4v) is 3.36. The number of carbonyl (C=O) groups excluding carboxylic acids is 2. The van der Waals surface area contributed by atoms with E-state index in [2.05, 4.69) is 24.5 Å². The van der Waals surface area contributed by atoms with Crippen LogP contribution in [0.2, 0.25) is 0 Å². The third-order valence-electron chi connectivity index (χ3n) is 4.86. The minimum Gasteiger partial charge on any atom is -0.353 e. The van der Waals surface area contributed by atoms with Crippen LogP contribution in [-0.2, 0) is 4.79 Å². The van der Waals surface area contributed by atoms with Crippen LogP contribution in [0.3, 0.4) is 0 Å². The van der Waals surface area contributed by atoms with Crippen LogP contribution in [0.1, 0.15) is 52.4 Å². The summed E-state index contributed by atoms with van der Waals surface area (Å²) in [6, 6.07) is 0.505. The molecule has 1 saturated carbocycles. The normalized spacial score (nSPS) is 28.5. The summed E-state index contributed by atoms with van der Waals surface area (Å²) in [7, 11) is 0. The first-order valence-electron chi connectivity index (χ1n) is 9.04. The standard InChI is InChI=1S/C17H32N4O2/c1-12(2)10-19-17(23)21-9-3-4-13(11-21)16(22)20-15-7-5-14(18)6-8-15/h12-15H,3-11,18H2,1-2H3,(H,19,23)(H,20,22). The average Bonchev–Trinajstić information content (AvgIpc) is 2.54. The quantitative estimate of drug-likeness (QED) is 0.731. The molecular weight excluding hydrogens is 292 g/mol. The fraction of sp³-hybridized carbons (Fsp3) is 0.882. The van der Waals surface area contributed by atoms with Crippen LogP contribution in [0, 0.1) is 11.8 Å². The number of rotatable bonds is 4. The molecule has 0 aromatic heterocycles. The Morgan fingerprint density at radius 2 is 1.87 bits per heavy atom. The minimum absolute atomic E-state index is 0.0418. The van der Waals surface area contributed by atoms with Gasteiger partial charge in [0.1, 0.15) is 0 Å². The predicted octanol–water partition coefficient (Wildman–Crippen LogP) is 1.45. The van der Waals surface area contributed by atoms with Crippen molar-refractivity contribution in [3.05, 3.63) is 0 Å². The van der Waals surface area contributed by atoms with Crippen molar-refractivity contribution >= 4 is 11.9 Å².